The highest BCUT2D eigenvalue weighted by Gasteiger charge is 2.34. The van der Waals surface area contributed by atoms with Crippen LogP contribution < -0.4 is 0 Å². The first-order valence-corrected chi connectivity index (χ1v) is 7.73. The van der Waals surface area contributed by atoms with Crippen molar-refractivity contribution in [2.24, 2.45) is 5.92 Å². The molecule has 0 aromatic carbocycles. The first kappa shape index (κ1) is 15.3. The number of carbonyl (C=O) groups is 2. The molecule has 1 saturated heterocycles. The number of likely N-dealkylation sites (N-methyl/N-ethyl adjacent to an activating group) is 1. The maximum absolute atomic E-state index is 12.4. The summed E-state index contributed by atoms with van der Waals surface area (Å²) in [5, 5.41) is 9.16. The maximum atomic E-state index is 12.4. The van der Waals surface area contributed by atoms with Crippen LogP contribution in [0, 0.1) is 5.92 Å². The average molecular weight is 282 g/mol. The molecule has 1 aliphatic heterocycles. The topological polar surface area (TPSA) is 60.9 Å². The quantitative estimate of drug-likeness (QED) is 0.850. The van der Waals surface area contributed by atoms with Crippen molar-refractivity contribution in [3.05, 3.63) is 0 Å². The number of carboxylic acids is 1. The van der Waals surface area contributed by atoms with Gasteiger partial charge in [0.1, 0.15) is 6.04 Å². The molecule has 2 fully saturated rings. The number of carboxylic acid groups (broad SMARTS) is 1. The number of rotatable bonds is 4. The average Bonchev–Trinajstić information content (AvgIpc) is 2.86. The second kappa shape index (κ2) is 6.57. The summed E-state index contributed by atoms with van der Waals surface area (Å²) in [4.78, 5) is 27.2. The van der Waals surface area contributed by atoms with E-state index in [1.54, 1.807) is 0 Å². The monoisotopic (exact) mass is 282 g/mol. The van der Waals surface area contributed by atoms with Crippen LogP contribution in [0.15, 0.2) is 0 Å². The summed E-state index contributed by atoms with van der Waals surface area (Å²) in [6.07, 6.45) is 6.23. The van der Waals surface area contributed by atoms with Gasteiger partial charge in [0.15, 0.2) is 0 Å². The Morgan fingerprint density at radius 1 is 1.20 bits per heavy atom. The molecule has 20 heavy (non-hydrogen) atoms. The fourth-order valence-electron chi connectivity index (χ4n) is 3.64. The minimum Gasteiger partial charge on any atom is -0.480 e. The Bertz CT molecular complexity index is 372. The number of hydrogen-bond acceptors (Lipinski definition) is 3. The predicted molar refractivity (Wildman–Crippen MR) is 76.4 cm³/mol. The van der Waals surface area contributed by atoms with Gasteiger partial charge in [0, 0.05) is 13.1 Å². The number of aliphatic carboxylic acids is 1. The van der Waals surface area contributed by atoms with Crippen molar-refractivity contribution in [3.8, 4) is 0 Å². The van der Waals surface area contributed by atoms with Gasteiger partial charge in [-0.25, -0.2) is 0 Å². The first-order valence-electron chi connectivity index (χ1n) is 7.73. The SMILES string of the molecule is CC1CCCCC1N(C)C(=O)CN1CCC[C@@H]1C(=O)O. The zero-order chi connectivity index (χ0) is 14.7. The molecule has 5 heteroatoms. The van der Waals surface area contributed by atoms with E-state index in [0.29, 0.717) is 18.4 Å². The molecule has 5 nitrogen and oxygen atoms in total. The molecule has 1 amide bonds. The van der Waals surface area contributed by atoms with Crippen molar-refractivity contribution >= 4 is 11.9 Å². The normalized spacial score (nSPS) is 31.2. The fourth-order valence-corrected chi connectivity index (χ4v) is 3.64. The minimum absolute atomic E-state index is 0.0666. The van der Waals surface area contributed by atoms with E-state index in [9.17, 15) is 9.59 Å². The molecule has 114 valence electrons. The maximum Gasteiger partial charge on any atom is 0.320 e. The van der Waals surface area contributed by atoms with Gasteiger partial charge in [-0.2, -0.15) is 0 Å². The number of nitrogens with zero attached hydrogens (tertiary/aromatic N) is 2. The Balaban J connectivity index is 1.92. The third-order valence-electron chi connectivity index (χ3n) is 4.94. The van der Waals surface area contributed by atoms with Gasteiger partial charge in [0.05, 0.1) is 6.54 Å². The highest BCUT2D eigenvalue weighted by Crippen LogP contribution is 2.27. The van der Waals surface area contributed by atoms with Gasteiger partial charge in [0.25, 0.3) is 0 Å². The zero-order valence-electron chi connectivity index (χ0n) is 12.5. The second-order valence-electron chi connectivity index (χ2n) is 6.30. The van der Waals surface area contributed by atoms with Crippen LogP contribution in [-0.2, 0) is 9.59 Å². The summed E-state index contributed by atoms with van der Waals surface area (Å²) in [6.45, 7) is 3.18. The Morgan fingerprint density at radius 2 is 1.90 bits per heavy atom. The lowest BCUT2D eigenvalue weighted by Gasteiger charge is -2.37. The van der Waals surface area contributed by atoms with Crippen LogP contribution in [-0.4, -0.2) is 59.0 Å². The van der Waals surface area contributed by atoms with Crippen molar-refractivity contribution in [2.75, 3.05) is 20.1 Å². The van der Waals surface area contributed by atoms with E-state index in [0.717, 1.165) is 19.4 Å². The number of likely N-dealkylation sites (tertiary alicyclic amines) is 1. The predicted octanol–water partition coefficient (Wildman–Crippen LogP) is 1.57. The van der Waals surface area contributed by atoms with Crippen molar-refractivity contribution < 1.29 is 14.7 Å². The lowest BCUT2D eigenvalue weighted by molar-refractivity contribution is -0.143. The molecule has 2 rings (SSSR count). The molecule has 0 spiro atoms. The van der Waals surface area contributed by atoms with E-state index < -0.39 is 12.0 Å². The van der Waals surface area contributed by atoms with Crippen molar-refractivity contribution in [3.63, 3.8) is 0 Å². The van der Waals surface area contributed by atoms with Crippen LogP contribution in [0.5, 0.6) is 0 Å². The molecule has 1 heterocycles. The molecule has 0 bridgehead atoms. The van der Waals surface area contributed by atoms with Gasteiger partial charge in [0.2, 0.25) is 5.91 Å². The van der Waals surface area contributed by atoms with Crippen LogP contribution >= 0.6 is 0 Å². The summed E-state index contributed by atoms with van der Waals surface area (Å²) in [6, 6.07) is -0.154. The third kappa shape index (κ3) is 3.32. The molecule has 0 aromatic rings. The highest BCUT2D eigenvalue weighted by molar-refractivity contribution is 5.80. The summed E-state index contributed by atoms with van der Waals surface area (Å²) in [7, 11) is 1.88. The van der Waals surface area contributed by atoms with Crippen LogP contribution in [0.1, 0.15) is 45.4 Å². The van der Waals surface area contributed by atoms with Gasteiger partial charge in [-0.15, -0.1) is 0 Å². The summed E-state index contributed by atoms with van der Waals surface area (Å²) < 4.78 is 0. The van der Waals surface area contributed by atoms with Crippen LogP contribution in [0.25, 0.3) is 0 Å². The third-order valence-corrected chi connectivity index (χ3v) is 4.94. The highest BCUT2D eigenvalue weighted by atomic mass is 16.4. The lowest BCUT2D eigenvalue weighted by Crippen LogP contribution is -2.48. The molecular weight excluding hydrogens is 256 g/mol. The Labute approximate surface area is 120 Å². The minimum atomic E-state index is -0.802. The number of hydrogen-bond donors (Lipinski definition) is 1. The van der Waals surface area contributed by atoms with E-state index in [4.69, 9.17) is 5.11 Å². The molecule has 2 aliphatic rings. The van der Waals surface area contributed by atoms with E-state index in [1.807, 2.05) is 16.8 Å². The first-order chi connectivity index (χ1) is 9.50. The van der Waals surface area contributed by atoms with Gasteiger partial charge < -0.3 is 10.0 Å². The zero-order valence-corrected chi connectivity index (χ0v) is 12.5. The molecule has 2 unspecified atom stereocenters. The van der Waals surface area contributed by atoms with Crippen LogP contribution in [0.2, 0.25) is 0 Å². The second-order valence-corrected chi connectivity index (χ2v) is 6.30. The smallest absolute Gasteiger partial charge is 0.320 e. The van der Waals surface area contributed by atoms with Gasteiger partial charge in [-0.05, 0) is 38.1 Å². The number of amides is 1. The van der Waals surface area contributed by atoms with E-state index >= 15 is 0 Å². The van der Waals surface area contributed by atoms with Crippen molar-refractivity contribution in [1.82, 2.24) is 9.80 Å². The van der Waals surface area contributed by atoms with Gasteiger partial charge >= 0.3 is 5.97 Å². The molecule has 0 radical (unpaired) electrons. The van der Waals surface area contributed by atoms with E-state index in [1.165, 1.54) is 19.3 Å². The molecular formula is C15H26N2O3. The Morgan fingerprint density at radius 3 is 2.55 bits per heavy atom. The molecule has 1 N–H and O–H groups in total. The van der Waals surface area contributed by atoms with Crippen LogP contribution in [0.4, 0.5) is 0 Å². The summed E-state index contributed by atoms with van der Waals surface area (Å²) in [5.41, 5.74) is 0. The van der Waals surface area contributed by atoms with Crippen molar-refractivity contribution in [2.45, 2.75) is 57.5 Å². The van der Waals surface area contributed by atoms with E-state index in [-0.39, 0.29) is 12.5 Å². The molecule has 1 saturated carbocycles. The van der Waals surface area contributed by atoms with Crippen molar-refractivity contribution in [1.29, 1.82) is 0 Å². The standard InChI is InChI=1S/C15H26N2O3/c1-11-6-3-4-7-12(11)16(2)14(18)10-17-9-5-8-13(17)15(19)20/h11-13H,3-10H2,1-2H3,(H,19,20)/t11?,12?,13-/m1/s1. The molecule has 3 atom stereocenters. The largest absolute Gasteiger partial charge is 0.480 e. The number of carbonyl (C=O) groups excluding carboxylic acids is 1. The molecule has 1 aliphatic carbocycles. The molecule has 0 aromatic heterocycles. The summed E-state index contributed by atoms with van der Waals surface area (Å²) in [5.74, 6) is -0.188. The van der Waals surface area contributed by atoms with E-state index in [2.05, 4.69) is 6.92 Å². The lowest BCUT2D eigenvalue weighted by atomic mass is 9.85. The Hall–Kier alpha value is -1.10. The van der Waals surface area contributed by atoms with Crippen LogP contribution in [0.3, 0.4) is 0 Å². The van der Waals surface area contributed by atoms with Gasteiger partial charge in [-0.3, -0.25) is 14.5 Å². The fraction of sp³-hybridized carbons (Fsp3) is 0.867. The summed E-state index contributed by atoms with van der Waals surface area (Å²) >= 11 is 0. The Kier molecular flexibility index (Phi) is 5.02. The van der Waals surface area contributed by atoms with Gasteiger partial charge in [-0.1, -0.05) is 19.8 Å².